The van der Waals surface area contributed by atoms with Gasteiger partial charge in [-0.25, -0.2) is 14.8 Å². The smallest absolute Gasteiger partial charge is 0.416 e. The monoisotopic (exact) mass is 486 g/mol. The number of alkyl halides is 3. The predicted molar refractivity (Wildman–Crippen MR) is 124 cm³/mol. The van der Waals surface area contributed by atoms with Gasteiger partial charge in [-0.15, -0.1) is 0 Å². The Kier molecular flexibility index (Phi) is 7.04. The first-order chi connectivity index (χ1) is 16.7. The summed E-state index contributed by atoms with van der Waals surface area (Å²) < 4.78 is 45.0. The summed E-state index contributed by atoms with van der Waals surface area (Å²) >= 11 is 0. The van der Waals surface area contributed by atoms with Crippen LogP contribution in [0.3, 0.4) is 0 Å². The Balaban J connectivity index is 1.44. The SMILES string of the molecule is CC1CN(c2nccnc2OCc2ccncc2)C(C)CN1C(=O)Nc1cccc(C(F)(F)F)c1. The van der Waals surface area contributed by atoms with Crippen LogP contribution in [0.5, 0.6) is 5.88 Å². The zero-order valence-electron chi connectivity index (χ0n) is 19.2. The van der Waals surface area contributed by atoms with E-state index in [4.69, 9.17) is 4.74 Å². The molecule has 0 aliphatic carbocycles. The Labute approximate surface area is 200 Å². The Morgan fingerprint density at radius 2 is 1.80 bits per heavy atom. The molecule has 184 valence electrons. The van der Waals surface area contributed by atoms with Crippen molar-refractivity contribution in [3.05, 3.63) is 72.3 Å². The Morgan fingerprint density at radius 1 is 1.06 bits per heavy atom. The quantitative estimate of drug-likeness (QED) is 0.568. The van der Waals surface area contributed by atoms with Gasteiger partial charge in [0.15, 0.2) is 5.82 Å². The first kappa shape index (κ1) is 24.2. The van der Waals surface area contributed by atoms with Crippen molar-refractivity contribution in [3.8, 4) is 5.88 Å². The van der Waals surface area contributed by atoms with E-state index in [1.165, 1.54) is 12.1 Å². The van der Waals surface area contributed by atoms with Crippen molar-refractivity contribution in [1.29, 1.82) is 0 Å². The third-order valence-electron chi connectivity index (χ3n) is 5.73. The van der Waals surface area contributed by atoms with Crippen LogP contribution in [0.2, 0.25) is 0 Å². The Morgan fingerprint density at radius 3 is 2.54 bits per heavy atom. The van der Waals surface area contributed by atoms with Gasteiger partial charge in [0, 0.05) is 55.6 Å². The number of nitrogens with one attached hydrogen (secondary N) is 1. The molecule has 4 rings (SSSR count). The predicted octanol–water partition coefficient (Wildman–Crippen LogP) is 4.60. The average molecular weight is 486 g/mol. The molecule has 0 saturated carbocycles. The number of nitrogens with zero attached hydrogens (tertiary/aromatic N) is 5. The summed E-state index contributed by atoms with van der Waals surface area (Å²) in [4.78, 5) is 29.3. The number of rotatable bonds is 5. The van der Waals surface area contributed by atoms with E-state index >= 15 is 0 Å². The van der Waals surface area contributed by atoms with Crippen LogP contribution >= 0.6 is 0 Å². The van der Waals surface area contributed by atoms with Crippen molar-refractivity contribution in [2.24, 2.45) is 0 Å². The van der Waals surface area contributed by atoms with Crippen molar-refractivity contribution < 1.29 is 22.7 Å². The van der Waals surface area contributed by atoms with E-state index in [1.807, 2.05) is 30.9 Å². The van der Waals surface area contributed by atoms with Crippen LogP contribution in [0.1, 0.15) is 25.0 Å². The Hall–Kier alpha value is -3.89. The van der Waals surface area contributed by atoms with Crippen molar-refractivity contribution in [3.63, 3.8) is 0 Å². The minimum atomic E-state index is -4.48. The minimum absolute atomic E-state index is 0.0906. The maximum absolute atomic E-state index is 13.0. The van der Waals surface area contributed by atoms with Crippen molar-refractivity contribution >= 4 is 17.5 Å². The molecule has 3 aromatic rings. The highest BCUT2D eigenvalue weighted by Crippen LogP contribution is 2.32. The molecule has 1 saturated heterocycles. The number of ether oxygens (including phenoxy) is 1. The highest BCUT2D eigenvalue weighted by molar-refractivity contribution is 5.90. The number of hydrogen-bond acceptors (Lipinski definition) is 6. The molecule has 1 aliphatic heterocycles. The maximum Gasteiger partial charge on any atom is 0.416 e. The zero-order valence-corrected chi connectivity index (χ0v) is 19.2. The number of hydrogen-bond donors (Lipinski definition) is 1. The van der Waals surface area contributed by atoms with Gasteiger partial charge in [-0.3, -0.25) is 4.98 Å². The standard InChI is InChI=1S/C24H25F3N6O2/c1-16-14-33(23(34)31-20-5-3-4-19(12-20)24(25,26)27)17(2)13-32(16)21-22(30-11-10-29-21)35-15-18-6-8-28-9-7-18/h3-12,16-17H,13-15H2,1-2H3,(H,31,34). The lowest BCUT2D eigenvalue weighted by molar-refractivity contribution is -0.137. The van der Waals surface area contributed by atoms with Crippen molar-refractivity contribution in [1.82, 2.24) is 19.9 Å². The van der Waals surface area contributed by atoms with Crippen molar-refractivity contribution in [2.45, 2.75) is 38.7 Å². The van der Waals surface area contributed by atoms with Crippen LogP contribution in [0.15, 0.2) is 61.2 Å². The summed E-state index contributed by atoms with van der Waals surface area (Å²) in [6.07, 6.45) is 2.02. The van der Waals surface area contributed by atoms with Crippen LogP contribution in [-0.2, 0) is 12.8 Å². The second-order valence-corrected chi connectivity index (χ2v) is 8.34. The number of pyridine rings is 1. The van der Waals surface area contributed by atoms with E-state index < -0.39 is 17.8 Å². The van der Waals surface area contributed by atoms with E-state index in [1.54, 1.807) is 29.7 Å². The molecule has 1 aliphatic rings. The number of piperazine rings is 1. The van der Waals surface area contributed by atoms with Gasteiger partial charge in [0.2, 0.25) is 0 Å². The third-order valence-corrected chi connectivity index (χ3v) is 5.73. The molecular formula is C24H25F3N6O2. The number of urea groups is 1. The number of halogens is 3. The summed E-state index contributed by atoms with van der Waals surface area (Å²) in [6.45, 7) is 4.90. The molecule has 1 N–H and O–H groups in total. The summed E-state index contributed by atoms with van der Waals surface area (Å²) in [6, 6.07) is 7.45. The molecule has 2 amide bonds. The van der Waals surface area contributed by atoms with Crippen molar-refractivity contribution in [2.75, 3.05) is 23.3 Å². The van der Waals surface area contributed by atoms with Gasteiger partial charge in [0.05, 0.1) is 5.56 Å². The second-order valence-electron chi connectivity index (χ2n) is 8.34. The number of carbonyl (C=O) groups is 1. The normalized spacial score (nSPS) is 18.3. The van der Waals surface area contributed by atoms with Crippen LogP contribution in [0.25, 0.3) is 0 Å². The minimum Gasteiger partial charge on any atom is -0.470 e. The van der Waals surface area contributed by atoms with Crippen LogP contribution < -0.4 is 15.0 Å². The summed E-state index contributed by atoms with van der Waals surface area (Å²) in [5.41, 5.74) is 0.213. The van der Waals surface area contributed by atoms with E-state index in [2.05, 4.69) is 20.3 Å². The lowest BCUT2D eigenvalue weighted by Crippen LogP contribution is -2.59. The van der Waals surface area contributed by atoms with Gasteiger partial charge in [-0.2, -0.15) is 13.2 Å². The van der Waals surface area contributed by atoms with Crippen LogP contribution in [0, 0.1) is 0 Å². The molecule has 8 nitrogen and oxygen atoms in total. The molecule has 11 heteroatoms. The maximum atomic E-state index is 13.0. The van der Waals surface area contributed by atoms with Crippen LogP contribution in [-0.4, -0.2) is 51.1 Å². The van der Waals surface area contributed by atoms with Crippen LogP contribution in [0.4, 0.5) is 29.5 Å². The molecular weight excluding hydrogens is 461 g/mol. The number of carbonyl (C=O) groups excluding carboxylic acids is 1. The lowest BCUT2D eigenvalue weighted by atomic mass is 10.1. The molecule has 2 aromatic heterocycles. The molecule has 3 heterocycles. The van der Waals surface area contributed by atoms with Gasteiger partial charge >= 0.3 is 12.2 Å². The molecule has 0 radical (unpaired) electrons. The number of amides is 2. The zero-order chi connectivity index (χ0) is 25.0. The fourth-order valence-electron chi connectivity index (χ4n) is 3.92. The van der Waals surface area contributed by atoms with Gasteiger partial charge in [-0.1, -0.05) is 6.07 Å². The number of benzene rings is 1. The number of aromatic nitrogens is 3. The molecule has 1 aromatic carbocycles. The lowest BCUT2D eigenvalue weighted by Gasteiger charge is -2.44. The molecule has 35 heavy (non-hydrogen) atoms. The molecule has 1 fully saturated rings. The molecule has 2 atom stereocenters. The summed E-state index contributed by atoms with van der Waals surface area (Å²) in [5, 5.41) is 2.59. The van der Waals surface area contributed by atoms with Gasteiger partial charge < -0.3 is 19.9 Å². The first-order valence-corrected chi connectivity index (χ1v) is 11.1. The van der Waals surface area contributed by atoms with Gasteiger partial charge in [0.25, 0.3) is 5.88 Å². The second kappa shape index (κ2) is 10.2. The van der Waals surface area contributed by atoms with Gasteiger partial charge in [-0.05, 0) is 49.7 Å². The molecule has 0 bridgehead atoms. The van der Waals surface area contributed by atoms with E-state index in [-0.39, 0.29) is 17.8 Å². The average Bonchev–Trinajstić information content (AvgIpc) is 2.84. The highest BCUT2D eigenvalue weighted by atomic mass is 19.4. The Bertz CT molecular complexity index is 1160. The highest BCUT2D eigenvalue weighted by Gasteiger charge is 2.35. The largest absolute Gasteiger partial charge is 0.470 e. The fraction of sp³-hybridized carbons (Fsp3) is 0.333. The summed E-state index contributed by atoms with van der Waals surface area (Å²) in [5.74, 6) is 0.948. The van der Waals surface area contributed by atoms with Gasteiger partial charge in [0.1, 0.15) is 6.61 Å². The molecule has 2 unspecified atom stereocenters. The van der Waals surface area contributed by atoms with E-state index in [9.17, 15) is 18.0 Å². The fourth-order valence-corrected chi connectivity index (χ4v) is 3.92. The first-order valence-electron chi connectivity index (χ1n) is 11.1. The van der Waals surface area contributed by atoms with E-state index in [0.29, 0.717) is 31.4 Å². The van der Waals surface area contributed by atoms with E-state index in [0.717, 1.165) is 17.7 Å². The summed E-state index contributed by atoms with van der Waals surface area (Å²) in [7, 11) is 0. The third kappa shape index (κ3) is 5.79. The topological polar surface area (TPSA) is 83.5 Å². The molecule has 0 spiro atoms. The number of anilines is 2.